The van der Waals surface area contributed by atoms with Crippen molar-refractivity contribution in [2.45, 2.75) is 17.9 Å². The number of halogens is 1. The predicted molar refractivity (Wildman–Crippen MR) is 102 cm³/mol. The zero-order valence-corrected chi connectivity index (χ0v) is 15.2. The summed E-state index contributed by atoms with van der Waals surface area (Å²) in [4.78, 5) is 0.347. The Morgan fingerprint density at radius 3 is 2.79 bits per heavy atom. The summed E-state index contributed by atoms with van der Waals surface area (Å²) in [6.07, 6.45) is 0.923. The van der Waals surface area contributed by atoms with Gasteiger partial charge in [0.25, 0.3) is 10.0 Å². The molecule has 3 aromatic rings. The van der Waals surface area contributed by atoms with Crippen LogP contribution in [0.25, 0.3) is 10.1 Å². The van der Waals surface area contributed by atoms with E-state index in [1.807, 2.05) is 36.4 Å². The van der Waals surface area contributed by atoms with Gasteiger partial charge < -0.3 is 5.32 Å². The van der Waals surface area contributed by atoms with Crippen molar-refractivity contribution < 1.29 is 8.42 Å². The van der Waals surface area contributed by atoms with E-state index in [1.165, 1.54) is 16.9 Å². The topological polar surface area (TPSA) is 58.2 Å². The number of sulfonamides is 1. The number of nitrogens with one attached hydrogen (secondary N) is 2. The average Bonchev–Trinajstić information content (AvgIpc) is 3.00. The molecule has 1 aliphatic rings. The zero-order chi connectivity index (χ0) is 15.9. The van der Waals surface area contributed by atoms with Crippen LogP contribution in [-0.2, 0) is 23.0 Å². The van der Waals surface area contributed by atoms with E-state index >= 15 is 0 Å². The second-order valence-electron chi connectivity index (χ2n) is 5.57. The summed E-state index contributed by atoms with van der Waals surface area (Å²) < 4.78 is 29.4. The number of thiophene rings is 1. The fourth-order valence-corrected chi connectivity index (χ4v) is 5.57. The van der Waals surface area contributed by atoms with Gasteiger partial charge in [-0.05, 0) is 36.2 Å². The Morgan fingerprint density at radius 2 is 1.92 bits per heavy atom. The van der Waals surface area contributed by atoms with Crippen molar-refractivity contribution in [2.24, 2.45) is 0 Å². The van der Waals surface area contributed by atoms with Crippen LogP contribution in [0.2, 0.25) is 0 Å². The number of benzene rings is 2. The van der Waals surface area contributed by atoms with Gasteiger partial charge in [-0.25, -0.2) is 8.42 Å². The molecule has 24 heavy (non-hydrogen) atoms. The molecule has 0 saturated carbocycles. The van der Waals surface area contributed by atoms with E-state index < -0.39 is 10.0 Å². The highest BCUT2D eigenvalue weighted by Gasteiger charge is 2.21. The summed E-state index contributed by atoms with van der Waals surface area (Å²) in [6, 6.07) is 13.4. The number of hydrogen-bond donors (Lipinski definition) is 2. The average molecular weight is 381 g/mol. The molecule has 0 amide bonds. The standard InChI is InChI=1S/C17H16N2O2S2.ClH/c20-23(21,17-11-22-16-7-2-1-5-13(16)17)19-15-6-3-4-12-8-9-18-10-14(12)15;/h1-7,11,18-19H,8-10H2;1H. The number of fused-ring (bicyclic) bond motifs is 2. The molecule has 7 heteroatoms. The quantitative estimate of drug-likeness (QED) is 0.727. The van der Waals surface area contributed by atoms with E-state index in [1.54, 1.807) is 5.38 Å². The lowest BCUT2D eigenvalue weighted by Crippen LogP contribution is -2.25. The van der Waals surface area contributed by atoms with Crippen LogP contribution in [0.3, 0.4) is 0 Å². The van der Waals surface area contributed by atoms with Crippen LogP contribution in [0.15, 0.2) is 52.7 Å². The molecule has 0 fully saturated rings. The first-order chi connectivity index (χ1) is 11.1. The lowest BCUT2D eigenvalue weighted by molar-refractivity contribution is 0.602. The van der Waals surface area contributed by atoms with E-state index in [-0.39, 0.29) is 12.4 Å². The normalized spacial score (nSPS) is 14.0. The van der Waals surface area contributed by atoms with Crippen LogP contribution in [0.1, 0.15) is 11.1 Å². The second kappa shape index (κ2) is 6.72. The van der Waals surface area contributed by atoms with E-state index in [0.717, 1.165) is 28.6 Å². The van der Waals surface area contributed by atoms with Crippen LogP contribution in [0.5, 0.6) is 0 Å². The van der Waals surface area contributed by atoms with Gasteiger partial charge in [0.2, 0.25) is 0 Å². The maximum atomic E-state index is 12.8. The number of rotatable bonds is 3. The van der Waals surface area contributed by atoms with Crippen molar-refractivity contribution in [3.8, 4) is 0 Å². The molecule has 1 aromatic heterocycles. The molecule has 1 aliphatic heterocycles. The van der Waals surface area contributed by atoms with Gasteiger partial charge >= 0.3 is 0 Å². The summed E-state index contributed by atoms with van der Waals surface area (Å²) in [7, 11) is -3.60. The van der Waals surface area contributed by atoms with Crippen LogP contribution in [0, 0.1) is 0 Å². The molecular formula is C17H17ClN2O2S2. The summed E-state index contributed by atoms with van der Waals surface area (Å²) in [5, 5.41) is 5.78. The van der Waals surface area contributed by atoms with E-state index in [9.17, 15) is 8.42 Å². The van der Waals surface area contributed by atoms with Crippen LogP contribution < -0.4 is 10.0 Å². The third-order valence-electron chi connectivity index (χ3n) is 4.13. The molecule has 0 saturated heterocycles. The minimum atomic E-state index is -3.60. The Labute approximate surface area is 151 Å². The van der Waals surface area contributed by atoms with Crippen molar-refractivity contribution >= 4 is 49.5 Å². The Kier molecular flexibility index (Phi) is 4.83. The molecular weight excluding hydrogens is 364 g/mol. The van der Waals surface area contributed by atoms with Gasteiger partial charge in [0.1, 0.15) is 4.90 Å². The first-order valence-electron chi connectivity index (χ1n) is 7.46. The summed E-state index contributed by atoms with van der Waals surface area (Å²) in [5.74, 6) is 0. The lowest BCUT2D eigenvalue weighted by atomic mass is 10.00. The molecule has 2 N–H and O–H groups in total. The molecule has 2 heterocycles. The molecule has 2 aromatic carbocycles. The minimum Gasteiger partial charge on any atom is -0.312 e. The Bertz CT molecular complexity index is 983. The molecule has 0 atom stereocenters. The highest BCUT2D eigenvalue weighted by molar-refractivity contribution is 7.93. The Balaban J connectivity index is 0.00000169. The third-order valence-corrected chi connectivity index (χ3v) is 6.64. The molecule has 4 rings (SSSR count). The van der Waals surface area contributed by atoms with Crippen molar-refractivity contribution in [3.05, 3.63) is 59.0 Å². The molecule has 0 radical (unpaired) electrons. The van der Waals surface area contributed by atoms with Gasteiger partial charge in [0, 0.05) is 22.0 Å². The van der Waals surface area contributed by atoms with Gasteiger partial charge in [0.05, 0.1) is 5.69 Å². The fourth-order valence-electron chi connectivity index (χ4n) is 2.97. The SMILES string of the molecule is Cl.O=S(=O)(Nc1cccc2c1CNCC2)c1csc2ccccc12. The monoisotopic (exact) mass is 380 g/mol. The Morgan fingerprint density at radius 1 is 1.08 bits per heavy atom. The first kappa shape index (κ1) is 17.2. The van der Waals surface area contributed by atoms with E-state index in [4.69, 9.17) is 0 Å². The van der Waals surface area contributed by atoms with Crippen molar-refractivity contribution in [1.29, 1.82) is 0 Å². The first-order valence-corrected chi connectivity index (χ1v) is 9.82. The Hall–Kier alpha value is -1.60. The van der Waals surface area contributed by atoms with Gasteiger partial charge in [-0.3, -0.25) is 4.72 Å². The van der Waals surface area contributed by atoms with Crippen LogP contribution >= 0.6 is 23.7 Å². The van der Waals surface area contributed by atoms with E-state index in [2.05, 4.69) is 16.1 Å². The third kappa shape index (κ3) is 3.02. The smallest absolute Gasteiger partial charge is 0.263 e. The highest BCUT2D eigenvalue weighted by atomic mass is 35.5. The van der Waals surface area contributed by atoms with E-state index in [0.29, 0.717) is 17.1 Å². The molecule has 0 spiro atoms. The molecule has 4 nitrogen and oxygen atoms in total. The largest absolute Gasteiger partial charge is 0.312 e. The van der Waals surface area contributed by atoms with Gasteiger partial charge in [-0.1, -0.05) is 30.3 Å². The van der Waals surface area contributed by atoms with Gasteiger partial charge in [-0.2, -0.15) is 0 Å². The lowest BCUT2D eigenvalue weighted by Gasteiger charge is -2.21. The zero-order valence-electron chi connectivity index (χ0n) is 12.8. The van der Waals surface area contributed by atoms with Crippen molar-refractivity contribution in [1.82, 2.24) is 5.32 Å². The molecule has 0 unspecified atom stereocenters. The maximum absolute atomic E-state index is 12.8. The van der Waals surface area contributed by atoms with Crippen molar-refractivity contribution in [3.63, 3.8) is 0 Å². The van der Waals surface area contributed by atoms with Gasteiger partial charge in [0.15, 0.2) is 0 Å². The number of anilines is 1. The number of hydrogen-bond acceptors (Lipinski definition) is 4. The minimum absolute atomic E-state index is 0. The summed E-state index contributed by atoms with van der Waals surface area (Å²) >= 11 is 1.45. The molecule has 0 aliphatic carbocycles. The van der Waals surface area contributed by atoms with Crippen LogP contribution in [-0.4, -0.2) is 15.0 Å². The summed E-state index contributed by atoms with van der Waals surface area (Å²) in [6.45, 7) is 1.62. The predicted octanol–water partition coefficient (Wildman–Crippen LogP) is 3.77. The molecule has 0 bridgehead atoms. The fraction of sp³-hybridized carbons (Fsp3) is 0.176. The second-order valence-corrected chi connectivity index (χ2v) is 8.13. The highest BCUT2D eigenvalue weighted by Crippen LogP contribution is 2.32. The van der Waals surface area contributed by atoms with Crippen LogP contribution in [0.4, 0.5) is 5.69 Å². The maximum Gasteiger partial charge on any atom is 0.263 e. The van der Waals surface area contributed by atoms with Gasteiger partial charge in [-0.15, -0.1) is 23.7 Å². The summed E-state index contributed by atoms with van der Waals surface area (Å²) in [5.41, 5.74) is 2.92. The van der Waals surface area contributed by atoms with Crippen molar-refractivity contribution in [2.75, 3.05) is 11.3 Å². The molecule has 126 valence electrons.